The maximum Gasteiger partial charge on any atom is 0.106 e. The molecule has 4 nitrogen and oxygen atoms in total. The number of fused-ring (bicyclic) bond motifs is 1. The van der Waals surface area contributed by atoms with Crippen LogP contribution in [-0.4, -0.2) is 21.1 Å². The fourth-order valence-corrected chi connectivity index (χ4v) is 2.79. The van der Waals surface area contributed by atoms with E-state index in [1.165, 1.54) is 5.52 Å². The largest absolute Gasteiger partial charge is 0.327 e. The van der Waals surface area contributed by atoms with Crippen molar-refractivity contribution in [2.45, 2.75) is 20.0 Å². The molecule has 2 aromatic heterocycles. The summed E-state index contributed by atoms with van der Waals surface area (Å²) in [5.74, 6) is 1.07. The lowest BCUT2D eigenvalue weighted by molar-refractivity contribution is 0.596. The van der Waals surface area contributed by atoms with Gasteiger partial charge >= 0.3 is 0 Å². The zero-order chi connectivity index (χ0) is 13.1. The Morgan fingerprint density at radius 2 is 2.21 bits per heavy atom. The summed E-state index contributed by atoms with van der Waals surface area (Å²) in [7, 11) is 0. The summed E-state index contributed by atoms with van der Waals surface area (Å²) >= 11 is 1.68. The predicted octanol–water partition coefficient (Wildman–Crippen LogP) is 2.59. The minimum atomic E-state index is 0.837. The maximum atomic E-state index is 4.57. The fourth-order valence-electron chi connectivity index (χ4n) is 2.20. The molecule has 3 rings (SSSR count). The summed E-state index contributed by atoms with van der Waals surface area (Å²) in [6.07, 6.45) is 1.84. The molecule has 1 N–H and O–H groups in total. The Hall–Kier alpha value is -1.72. The van der Waals surface area contributed by atoms with Gasteiger partial charge in [-0.1, -0.05) is 12.1 Å². The average molecular weight is 272 g/mol. The monoisotopic (exact) mass is 272 g/mol. The maximum absolute atomic E-state index is 4.57. The van der Waals surface area contributed by atoms with Crippen LogP contribution in [0.4, 0.5) is 0 Å². The molecule has 0 atom stereocenters. The first kappa shape index (κ1) is 12.3. The molecule has 2 heterocycles. The summed E-state index contributed by atoms with van der Waals surface area (Å²) < 4.78 is 2.25. The van der Waals surface area contributed by atoms with Gasteiger partial charge in [0.05, 0.1) is 11.0 Å². The first-order valence-electron chi connectivity index (χ1n) is 6.35. The fraction of sp³-hybridized carbons (Fsp3) is 0.286. The Morgan fingerprint density at radius 3 is 3.05 bits per heavy atom. The average Bonchev–Trinajstić information content (AvgIpc) is 3.02. The van der Waals surface area contributed by atoms with E-state index in [1.807, 2.05) is 17.6 Å². The zero-order valence-corrected chi connectivity index (χ0v) is 11.7. The third-order valence-electron chi connectivity index (χ3n) is 3.12. The highest BCUT2D eigenvalue weighted by molar-refractivity contribution is 7.09. The summed E-state index contributed by atoms with van der Waals surface area (Å²) in [6.45, 7) is 4.74. The predicted molar refractivity (Wildman–Crippen MR) is 78.3 cm³/mol. The number of nitrogens with one attached hydrogen (secondary N) is 1. The van der Waals surface area contributed by atoms with Crippen LogP contribution < -0.4 is 5.32 Å². The number of imidazole rings is 1. The molecule has 0 spiro atoms. The number of hydrogen-bond donors (Lipinski definition) is 1. The van der Waals surface area contributed by atoms with E-state index >= 15 is 0 Å². The molecular weight excluding hydrogens is 256 g/mol. The molecule has 0 radical (unpaired) electrons. The van der Waals surface area contributed by atoms with Crippen LogP contribution in [-0.2, 0) is 13.1 Å². The van der Waals surface area contributed by atoms with Crippen LogP contribution in [0.5, 0.6) is 0 Å². The highest BCUT2D eigenvalue weighted by Crippen LogP contribution is 2.14. The highest BCUT2D eigenvalue weighted by Gasteiger charge is 2.05. The highest BCUT2D eigenvalue weighted by atomic mass is 32.1. The second kappa shape index (κ2) is 5.50. The first-order chi connectivity index (χ1) is 9.34. The molecule has 0 bridgehead atoms. The number of aromatic nitrogens is 3. The van der Waals surface area contributed by atoms with Crippen LogP contribution in [0, 0.1) is 6.92 Å². The smallest absolute Gasteiger partial charge is 0.106 e. The van der Waals surface area contributed by atoms with Crippen molar-refractivity contribution in [2.24, 2.45) is 0 Å². The number of benzene rings is 1. The van der Waals surface area contributed by atoms with Crippen molar-refractivity contribution in [1.29, 1.82) is 0 Å². The SMILES string of the molecule is Cc1nc2ccccc2n1CCNCc1nccs1. The van der Waals surface area contributed by atoms with Crippen LogP contribution >= 0.6 is 11.3 Å². The van der Waals surface area contributed by atoms with E-state index in [0.29, 0.717) is 0 Å². The van der Waals surface area contributed by atoms with Crippen molar-refractivity contribution in [2.75, 3.05) is 6.54 Å². The van der Waals surface area contributed by atoms with Crippen molar-refractivity contribution in [3.8, 4) is 0 Å². The molecule has 19 heavy (non-hydrogen) atoms. The lowest BCUT2D eigenvalue weighted by atomic mass is 10.3. The van der Waals surface area contributed by atoms with Crippen molar-refractivity contribution in [3.05, 3.63) is 46.7 Å². The van der Waals surface area contributed by atoms with E-state index < -0.39 is 0 Å². The molecule has 5 heteroatoms. The van der Waals surface area contributed by atoms with Crippen molar-refractivity contribution >= 4 is 22.4 Å². The molecular formula is C14H16N4S. The van der Waals surface area contributed by atoms with Crippen molar-refractivity contribution in [3.63, 3.8) is 0 Å². The molecule has 0 fully saturated rings. The summed E-state index contributed by atoms with van der Waals surface area (Å²) in [5.41, 5.74) is 2.27. The standard InChI is InChI=1S/C14H16N4S/c1-11-17-12-4-2-3-5-13(12)18(11)8-6-15-10-14-16-7-9-19-14/h2-5,7,9,15H,6,8,10H2,1H3. The van der Waals surface area contributed by atoms with Crippen molar-refractivity contribution < 1.29 is 0 Å². The van der Waals surface area contributed by atoms with Crippen LogP contribution in [0.3, 0.4) is 0 Å². The van der Waals surface area contributed by atoms with Gasteiger partial charge in [0.1, 0.15) is 10.8 Å². The molecule has 0 unspecified atom stereocenters. The lowest BCUT2D eigenvalue weighted by Gasteiger charge is -2.07. The Morgan fingerprint density at radius 1 is 1.32 bits per heavy atom. The quantitative estimate of drug-likeness (QED) is 0.726. The van der Waals surface area contributed by atoms with Gasteiger partial charge in [0.15, 0.2) is 0 Å². The Labute approximate surface area is 116 Å². The number of aryl methyl sites for hydroxylation is 1. The molecule has 0 aliphatic heterocycles. The number of hydrogen-bond acceptors (Lipinski definition) is 4. The third kappa shape index (κ3) is 2.67. The van der Waals surface area contributed by atoms with E-state index in [1.54, 1.807) is 11.3 Å². The van der Waals surface area contributed by atoms with Gasteiger partial charge < -0.3 is 9.88 Å². The number of para-hydroxylation sites is 2. The summed E-state index contributed by atoms with van der Waals surface area (Å²) in [5, 5.41) is 6.55. The van der Waals surface area contributed by atoms with Crippen LogP contribution in [0.15, 0.2) is 35.8 Å². The second-order valence-corrected chi connectivity index (χ2v) is 5.38. The Bertz CT molecular complexity index is 657. The van der Waals surface area contributed by atoms with Gasteiger partial charge in [-0.2, -0.15) is 0 Å². The van der Waals surface area contributed by atoms with Gasteiger partial charge in [-0.3, -0.25) is 0 Å². The van der Waals surface area contributed by atoms with Crippen LogP contribution in [0.25, 0.3) is 11.0 Å². The lowest BCUT2D eigenvalue weighted by Crippen LogP contribution is -2.19. The summed E-state index contributed by atoms with van der Waals surface area (Å²) in [6, 6.07) is 8.26. The molecule has 3 aromatic rings. The number of rotatable bonds is 5. The zero-order valence-electron chi connectivity index (χ0n) is 10.8. The van der Waals surface area contributed by atoms with E-state index in [9.17, 15) is 0 Å². The topological polar surface area (TPSA) is 42.7 Å². The third-order valence-corrected chi connectivity index (χ3v) is 3.90. The van der Waals surface area contributed by atoms with Gasteiger partial charge in [0, 0.05) is 31.2 Å². The molecule has 0 amide bonds. The Balaban J connectivity index is 1.63. The second-order valence-electron chi connectivity index (χ2n) is 4.40. The van der Waals surface area contributed by atoms with Gasteiger partial charge in [-0.15, -0.1) is 11.3 Å². The minimum absolute atomic E-state index is 0.837. The van der Waals surface area contributed by atoms with E-state index in [4.69, 9.17) is 0 Å². The van der Waals surface area contributed by atoms with Crippen LogP contribution in [0.1, 0.15) is 10.8 Å². The van der Waals surface area contributed by atoms with Gasteiger partial charge in [0.2, 0.25) is 0 Å². The normalized spacial score (nSPS) is 11.2. The molecule has 0 saturated heterocycles. The van der Waals surface area contributed by atoms with Gasteiger partial charge in [-0.05, 0) is 19.1 Å². The number of nitrogens with zero attached hydrogens (tertiary/aromatic N) is 3. The van der Waals surface area contributed by atoms with E-state index in [0.717, 1.165) is 36.0 Å². The van der Waals surface area contributed by atoms with E-state index in [2.05, 4.69) is 45.0 Å². The van der Waals surface area contributed by atoms with E-state index in [-0.39, 0.29) is 0 Å². The number of thiazole rings is 1. The molecule has 0 saturated carbocycles. The molecule has 98 valence electrons. The minimum Gasteiger partial charge on any atom is -0.327 e. The molecule has 1 aromatic carbocycles. The van der Waals surface area contributed by atoms with Gasteiger partial charge in [-0.25, -0.2) is 9.97 Å². The Kier molecular flexibility index (Phi) is 3.57. The van der Waals surface area contributed by atoms with Crippen molar-refractivity contribution in [1.82, 2.24) is 19.9 Å². The summed E-state index contributed by atoms with van der Waals surface area (Å²) in [4.78, 5) is 8.82. The first-order valence-corrected chi connectivity index (χ1v) is 7.23. The molecule has 0 aliphatic carbocycles. The molecule has 0 aliphatic rings. The van der Waals surface area contributed by atoms with Gasteiger partial charge in [0.25, 0.3) is 0 Å². The van der Waals surface area contributed by atoms with Crippen LogP contribution in [0.2, 0.25) is 0 Å².